The molecule has 1 rings (SSSR count). The summed E-state index contributed by atoms with van der Waals surface area (Å²) in [7, 11) is 0. The number of carbonyl (C=O) groups excluding carboxylic acids is 1. The van der Waals surface area contributed by atoms with E-state index >= 15 is 0 Å². The number of hydrogen-bond acceptors (Lipinski definition) is 3. The summed E-state index contributed by atoms with van der Waals surface area (Å²) < 4.78 is 0. The third-order valence-electron chi connectivity index (χ3n) is 2.91. The summed E-state index contributed by atoms with van der Waals surface area (Å²) in [4.78, 5) is 14.5. The lowest BCUT2D eigenvalue weighted by molar-refractivity contribution is -0.125. The van der Waals surface area contributed by atoms with Gasteiger partial charge >= 0.3 is 0 Å². The van der Waals surface area contributed by atoms with E-state index in [2.05, 4.69) is 38.2 Å². The third kappa shape index (κ3) is 4.78. The summed E-state index contributed by atoms with van der Waals surface area (Å²) >= 11 is 1.76. The molecule has 0 aromatic carbocycles. The summed E-state index contributed by atoms with van der Waals surface area (Å²) in [5.74, 6) is 0.519. The Balaban J connectivity index is 2.43. The second-order valence-electron chi connectivity index (χ2n) is 5.00. The summed E-state index contributed by atoms with van der Waals surface area (Å²) in [5.41, 5.74) is 5.66. The number of hydrogen-bond donors (Lipinski definition) is 2. The quantitative estimate of drug-likeness (QED) is 0.798. The highest BCUT2D eigenvalue weighted by atomic mass is 32.1. The zero-order valence-electron chi connectivity index (χ0n) is 11.5. The maximum atomic E-state index is 12.0. The minimum Gasteiger partial charge on any atom is -0.351 e. The minimum absolute atomic E-state index is 0.0596. The fraction of sp³-hybridized carbons (Fsp3) is 0.643. The first-order valence-corrected chi connectivity index (χ1v) is 7.43. The Morgan fingerprint density at radius 2 is 2.06 bits per heavy atom. The number of carbonyl (C=O) groups is 1. The molecule has 1 heterocycles. The molecule has 0 fully saturated rings. The van der Waals surface area contributed by atoms with E-state index in [0.29, 0.717) is 19.0 Å². The van der Waals surface area contributed by atoms with Crippen molar-refractivity contribution >= 4 is 17.2 Å². The summed E-state index contributed by atoms with van der Waals surface area (Å²) in [6.45, 7) is 7.42. The van der Waals surface area contributed by atoms with E-state index in [0.717, 1.165) is 12.8 Å². The summed E-state index contributed by atoms with van der Waals surface area (Å²) in [6.07, 6.45) is 1.91. The molecule has 1 aromatic rings. The average Bonchev–Trinajstić information content (AvgIpc) is 2.80. The van der Waals surface area contributed by atoms with Gasteiger partial charge in [-0.25, -0.2) is 0 Å². The van der Waals surface area contributed by atoms with Crippen LogP contribution in [-0.4, -0.2) is 12.5 Å². The van der Waals surface area contributed by atoms with Gasteiger partial charge in [0.1, 0.15) is 0 Å². The van der Waals surface area contributed by atoms with Crippen LogP contribution in [0.4, 0.5) is 0 Å². The number of amides is 1. The Bertz CT molecular complexity index is 374. The number of thiophene rings is 1. The van der Waals surface area contributed by atoms with Crippen LogP contribution in [0.25, 0.3) is 0 Å². The Morgan fingerprint density at radius 1 is 1.39 bits per heavy atom. The van der Waals surface area contributed by atoms with E-state index in [9.17, 15) is 4.79 Å². The molecule has 0 saturated heterocycles. The van der Waals surface area contributed by atoms with Crippen LogP contribution in [0.1, 0.15) is 36.9 Å². The molecule has 1 amide bonds. The Morgan fingerprint density at radius 3 is 2.56 bits per heavy atom. The fourth-order valence-electron chi connectivity index (χ4n) is 1.91. The Hall–Kier alpha value is -0.870. The van der Waals surface area contributed by atoms with Gasteiger partial charge in [0.15, 0.2) is 0 Å². The van der Waals surface area contributed by atoms with Crippen molar-refractivity contribution in [3.8, 4) is 0 Å². The highest BCUT2D eigenvalue weighted by molar-refractivity contribution is 7.11. The first-order chi connectivity index (χ1) is 8.56. The molecule has 0 aliphatic heterocycles. The van der Waals surface area contributed by atoms with Crippen LogP contribution < -0.4 is 11.1 Å². The lowest BCUT2D eigenvalue weighted by Gasteiger charge is -2.16. The summed E-state index contributed by atoms with van der Waals surface area (Å²) in [6, 6.07) is 4.21. The van der Waals surface area contributed by atoms with Crippen molar-refractivity contribution in [2.75, 3.05) is 6.54 Å². The second-order valence-corrected chi connectivity index (χ2v) is 6.25. The van der Waals surface area contributed by atoms with Crippen molar-refractivity contribution in [1.29, 1.82) is 0 Å². The van der Waals surface area contributed by atoms with Crippen molar-refractivity contribution in [2.24, 2.45) is 17.6 Å². The van der Waals surface area contributed by atoms with Crippen molar-refractivity contribution in [3.63, 3.8) is 0 Å². The fourth-order valence-corrected chi connectivity index (χ4v) is 2.80. The molecule has 1 unspecified atom stereocenters. The highest BCUT2D eigenvalue weighted by Crippen LogP contribution is 2.17. The monoisotopic (exact) mass is 268 g/mol. The number of rotatable bonds is 7. The molecule has 4 heteroatoms. The van der Waals surface area contributed by atoms with E-state index in [1.807, 2.05) is 0 Å². The van der Waals surface area contributed by atoms with Crippen LogP contribution in [0.15, 0.2) is 12.1 Å². The smallest absolute Gasteiger partial charge is 0.224 e. The molecule has 18 heavy (non-hydrogen) atoms. The molecular weight excluding hydrogens is 244 g/mol. The first-order valence-electron chi connectivity index (χ1n) is 6.62. The van der Waals surface area contributed by atoms with Gasteiger partial charge < -0.3 is 11.1 Å². The topological polar surface area (TPSA) is 55.1 Å². The van der Waals surface area contributed by atoms with Gasteiger partial charge in [0.05, 0.1) is 12.5 Å². The van der Waals surface area contributed by atoms with Gasteiger partial charge in [-0.15, -0.1) is 11.3 Å². The molecule has 0 bridgehead atoms. The third-order valence-corrected chi connectivity index (χ3v) is 4.14. The van der Waals surface area contributed by atoms with Crippen molar-refractivity contribution in [2.45, 2.75) is 40.2 Å². The molecule has 102 valence electrons. The van der Waals surface area contributed by atoms with Crippen molar-refractivity contribution < 1.29 is 4.79 Å². The predicted molar refractivity (Wildman–Crippen MR) is 77.5 cm³/mol. The van der Waals surface area contributed by atoms with E-state index in [1.165, 1.54) is 9.75 Å². The van der Waals surface area contributed by atoms with Gasteiger partial charge in [0.25, 0.3) is 0 Å². The van der Waals surface area contributed by atoms with Crippen LogP contribution in [0.3, 0.4) is 0 Å². The maximum absolute atomic E-state index is 12.0. The number of aryl methyl sites for hydroxylation is 1. The molecule has 0 aliphatic carbocycles. The highest BCUT2D eigenvalue weighted by Gasteiger charge is 2.17. The van der Waals surface area contributed by atoms with Gasteiger partial charge in [-0.3, -0.25) is 4.79 Å². The van der Waals surface area contributed by atoms with Crippen LogP contribution in [0.2, 0.25) is 0 Å². The zero-order chi connectivity index (χ0) is 13.5. The van der Waals surface area contributed by atoms with Crippen LogP contribution in [-0.2, 0) is 17.8 Å². The molecule has 3 N–H and O–H groups in total. The van der Waals surface area contributed by atoms with E-state index in [4.69, 9.17) is 5.73 Å². The normalized spacial score (nSPS) is 12.7. The Kier molecular flexibility index (Phi) is 6.36. The first kappa shape index (κ1) is 15.2. The molecule has 0 spiro atoms. The van der Waals surface area contributed by atoms with Crippen molar-refractivity contribution in [1.82, 2.24) is 5.32 Å². The SMILES string of the molecule is CCc1ccc(CNC(=O)C(CN)CC(C)C)s1. The van der Waals surface area contributed by atoms with E-state index in [-0.39, 0.29) is 11.8 Å². The standard InChI is InChI=1S/C14H24N2OS/c1-4-12-5-6-13(18-12)9-16-14(17)11(8-15)7-10(2)3/h5-6,10-11H,4,7-9,15H2,1-3H3,(H,16,17). The van der Waals surface area contributed by atoms with E-state index < -0.39 is 0 Å². The molecule has 3 nitrogen and oxygen atoms in total. The van der Waals surface area contributed by atoms with Gasteiger partial charge in [0, 0.05) is 16.3 Å². The Labute approximate surface area is 114 Å². The van der Waals surface area contributed by atoms with Crippen LogP contribution in [0.5, 0.6) is 0 Å². The summed E-state index contributed by atoms with van der Waals surface area (Å²) in [5, 5.41) is 2.98. The van der Waals surface area contributed by atoms with Gasteiger partial charge in [-0.2, -0.15) is 0 Å². The minimum atomic E-state index is -0.0596. The second kappa shape index (κ2) is 7.54. The molecule has 0 radical (unpaired) electrons. The molecule has 0 aliphatic rings. The van der Waals surface area contributed by atoms with Gasteiger partial charge in [0.2, 0.25) is 5.91 Å². The van der Waals surface area contributed by atoms with E-state index in [1.54, 1.807) is 11.3 Å². The molecule has 1 atom stereocenters. The van der Waals surface area contributed by atoms with Gasteiger partial charge in [-0.05, 0) is 30.9 Å². The lowest BCUT2D eigenvalue weighted by atomic mass is 9.96. The number of nitrogens with one attached hydrogen (secondary N) is 1. The number of nitrogens with two attached hydrogens (primary N) is 1. The maximum Gasteiger partial charge on any atom is 0.224 e. The van der Waals surface area contributed by atoms with Crippen LogP contribution in [0, 0.1) is 11.8 Å². The molecule has 0 saturated carbocycles. The molecular formula is C14H24N2OS. The largest absolute Gasteiger partial charge is 0.351 e. The lowest BCUT2D eigenvalue weighted by Crippen LogP contribution is -2.35. The van der Waals surface area contributed by atoms with Crippen LogP contribution >= 0.6 is 11.3 Å². The van der Waals surface area contributed by atoms with Crippen molar-refractivity contribution in [3.05, 3.63) is 21.9 Å². The van der Waals surface area contributed by atoms with Gasteiger partial charge in [-0.1, -0.05) is 20.8 Å². The molecule has 1 aromatic heterocycles. The zero-order valence-corrected chi connectivity index (χ0v) is 12.3. The predicted octanol–water partition coefficient (Wildman–Crippen LogP) is 2.55. The average molecular weight is 268 g/mol.